The molecule has 0 spiro atoms. The SMILES string of the molecule is O=C(C1CCCCS1)N1CCN(Cc2ccccc2)CC1. The van der Waals surface area contributed by atoms with E-state index >= 15 is 0 Å². The molecule has 2 heterocycles. The van der Waals surface area contributed by atoms with Crippen LogP contribution in [0.5, 0.6) is 0 Å². The number of nitrogens with zero attached hydrogens (tertiary/aromatic N) is 2. The van der Waals surface area contributed by atoms with E-state index in [-0.39, 0.29) is 5.25 Å². The van der Waals surface area contributed by atoms with Crippen LogP contribution in [0, 0.1) is 0 Å². The predicted octanol–water partition coefficient (Wildman–Crippen LogP) is 2.62. The fraction of sp³-hybridized carbons (Fsp3) is 0.588. The lowest BCUT2D eigenvalue weighted by Crippen LogP contribution is -2.50. The Kier molecular flexibility index (Phi) is 5.20. The maximum atomic E-state index is 12.5. The van der Waals surface area contributed by atoms with Gasteiger partial charge in [-0.05, 0) is 24.2 Å². The number of thioether (sulfide) groups is 1. The highest BCUT2D eigenvalue weighted by atomic mass is 32.2. The van der Waals surface area contributed by atoms with E-state index in [2.05, 4.69) is 40.1 Å². The van der Waals surface area contributed by atoms with Gasteiger partial charge in [0, 0.05) is 32.7 Å². The third-order valence-corrected chi connectivity index (χ3v) is 5.75. The van der Waals surface area contributed by atoms with E-state index in [1.54, 1.807) is 0 Å². The maximum absolute atomic E-state index is 12.5. The summed E-state index contributed by atoms with van der Waals surface area (Å²) >= 11 is 1.86. The van der Waals surface area contributed by atoms with Gasteiger partial charge in [0.15, 0.2) is 0 Å². The first-order chi connectivity index (χ1) is 10.3. The zero-order chi connectivity index (χ0) is 14.5. The average Bonchev–Trinajstić information content (AvgIpc) is 2.57. The summed E-state index contributed by atoms with van der Waals surface area (Å²) in [6.07, 6.45) is 3.57. The Balaban J connectivity index is 1.47. The molecule has 0 radical (unpaired) electrons. The second-order valence-corrected chi connectivity index (χ2v) is 7.25. The largest absolute Gasteiger partial charge is 0.339 e. The molecule has 2 aliphatic rings. The molecule has 1 aromatic rings. The van der Waals surface area contributed by atoms with Crippen LogP contribution in [0.3, 0.4) is 0 Å². The summed E-state index contributed by atoms with van der Waals surface area (Å²) in [5, 5.41) is 0.236. The van der Waals surface area contributed by atoms with Crippen LogP contribution in [0.1, 0.15) is 24.8 Å². The molecule has 1 aromatic carbocycles. The smallest absolute Gasteiger partial charge is 0.235 e. The number of carbonyl (C=O) groups excluding carboxylic acids is 1. The highest BCUT2D eigenvalue weighted by Crippen LogP contribution is 2.27. The van der Waals surface area contributed by atoms with E-state index in [4.69, 9.17) is 0 Å². The van der Waals surface area contributed by atoms with E-state index in [9.17, 15) is 4.79 Å². The lowest BCUT2D eigenvalue weighted by atomic mass is 10.1. The van der Waals surface area contributed by atoms with E-state index < -0.39 is 0 Å². The Hall–Kier alpha value is -1.00. The van der Waals surface area contributed by atoms with Crippen LogP contribution in [0.4, 0.5) is 0 Å². The Bertz CT molecular complexity index is 451. The molecule has 114 valence electrons. The van der Waals surface area contributed by atoms with Gasteiger partial charge in [-0.25, -0.2) is 0 Å². The molecule has 3 nitrogen and oxygen atoms in total. The summed E-state index contributed by atoms with van der Waals surface area (Å²) in [5.41, 5.74) is 1.36. The fourth-order valence-corrected chi connectivity index (χ4v) is 4.39. The van der Waals surface area contributed by atoms with Crippen LogP contribution in [0.25, 0.3) is 0 Å². The number of hydrogen-bond acceptors (Lipinski definition) is 3. The minimum atomic E-state index is 0.236. The molecule has 1 amide bonds. The zero-order valence-electron chi connectivity index (χ0n) is 12.5. The Morgan fingerprint density at radius 3 is 2.52 bits per heavy atom. The molecule has 2 fully saturated rings. The highest BCUT2D eigenvalue weighted by molar-refractivity contribution is 8.00. The molecule has 0 N–H and O–H groups in total. The van der Waals surface area contributed by atoms with E-state index in [1.807, 2.05) is 11.8 Å². The van der Waals surface area contributed by atoms with Crippen LogP contribution in [-0.2, 0) is 11.3 Å². The molecule has 0 aliphatic carbocycles. The van der Waals surface area contributed by atoms with Gasteiger partial charge in [0.2, 0.25) is 5.91 Å². The second-order valence-electron chi connectivity index (χ2n) is 5.94. The Labute approximate surface area is 131 Å². The van der Waals surface area contributed by atoms with Gasteiger partial charge in [-0.2, -0.15) is 0 Å². The fourth-order valence-electron chi connectivity index (χ4n) is 3.11. The second kappa shape index (κ2) is 7.32. The normalized spacial score (nSPS) is 24.0. The molecule has 1 atom stereocenters. The van der Waals surface area contributed by atoms with Gasteiger partial charge in [0.05, 0.1) is 5.25 Å². The van der Waals surface area contributed by atoms with Crippen molar-refractivity contribution in [2.45, 2.75) is 31.1 Å². The highest BCUT2D eigenvalue weighted by Gasteiger charge is 2.28. The summed E-state index contributed by atoms with van der Waals surface area (Å²) in [4.78, 5) is 17.0. The Morgan fingerprint density at radius 1 is 1.10 bits per heavy atom. The van der Waals surface area contributed by atoms with Gasteiger partial charge in [-0.1, -0.05) is 36.8 Å². The van der Waals surface area contributed by atoms with Crippen LogP contribution in [-0.4, -0.2) is 52.9 Å². The molecule has 4 heteroatoms. The molecule has 0 bridgehead atoms. The summed E-state index contributed by atoms with van der Waals surface area (Å²) < 4.78 is 0. The van der Waals surface area contributed by atoms with Crippen molar-refractivity contribution >= 4 is 17.7 Å². The molecular formula is C17H24N2OS. The van der Waals surface area contributed by atoms with E-state index in [0.29, 0.717) is 5.91 Å². The predicted molar refractivity (Wildman–Crippen MR) is 88.4 cm³/mol. The monoisotopic (exact) mass is 304 g/mol. The van der Waals surface area contributed by atoms with Crippen molar-refractivity contribution in [3.05, 3.63) is 35.9 Å². The molecular weight excluding hydrogens is 280 g/mol. The summed E-state index contributed by atoms with van der Waals surface area (Å²) in [7, 11) is 0. The number of rotatable bonds is 3. The molecule has 3 rings (SSSR count). The van der Waals surface area contributed by atoms with Crippen molar-refractivity contribution in [2.24, 2.45) is 0 Å². The quantitative estimate of drug-likeness (QED) is 0.857. The summed E-state index contributed by atoms with van der Waals surface area (Å²) in [6, 6.07) is 10.6. The first-order valence-electron chi connectivity index (χ1n) is 7.99. The van der Waals surface area contributed by atoms with Gasteiger partial charge in [-0.3, -0.25) is 9.69 Å². The van der Waals surface area contributed by atoms with Crippen molar-refractivity contribution in [3.8, 4) is 0 Å². The number of carbonyl (C=O) groups is 1. The van der Waals surface area contributed by atoms with Crippen molar-refractivity contribution in [3.63, 3.8) is 0 Å². The van der Waals surface area contributed by atoms with Gasteiger partial charge < -0.3 is 4.90 Å². The van der Waals surface area contributed by atoms with Crippen LogP contribution >= 0.6 is 11.8 Å². The standard InChI is InChI=1S/C17H24N2OS/c20-17(16-8-4-5-13-21-16)19-11-9-18(10-12-19)14-15-6-2-1-3-7-15/h1-3,6-7,16H,4-5,8-14H2. The van der Waals surface area contributed by atoms with Crippen molar-refractivity contribution < 1.29 is 4.79 Å². The van der Waals surface area contributed by atoms with Gasteiger partial charge in [0.1, 0.15) is 0 Å². The third kappa shape index (κ3) is 4.01. The molecule has 21 heavy (non-hydrogen) atoms. The van der Waals surface area contributed by atoms with Gasteiger partial charge in [0.25, 0.3) is 0 Å². The van der Waals surface area contributed by atoms with Crippen molar-refractivity contribution in [1.29, 1.82) is 0 Å². The zero-order valence-corrected chi connectivity index (χ0v) is 13.4. The number of benzene rings is 1. The number of amides is 1. The minimum absolute atomic E-state index is 0.236. The molecule has 1 unspecified atom stereocenters. The van der Waals surface area contributed by atoms with E-state index in [0.717, 1.165) is 44.9 Å². The molecule has 0 aromatic heterocycles. The minimum Gasteiger partial charge on any atom is -0.339 e. The number of piperazine rings is 1. The average molecular weight is 304 g/mol. The molecule has 2 saturated heterocycles. The third-order valence-electron chi connectivity index (χ3n) is 4.39. The first-order valence-corrected chi connectivity index (χ1v) is 9.04. The van der Waals surface area contributed by atoms with Crippen LogP contribution in [0.2, 0.25) is 0 Å². The van der Waals surface area contributed by atoms with Gasteiger partial charge in [-0.15, -0.1) is 11.8 Å². The lowest BCUT2D eigenvalue weighted by Gasteiger charge is -2.37. The number of hydrogen-bond donors (Lipinski definition) is 0. The lowest BCUT2D eigenvalue weighted by molar-refractivity contribution is -0.132. The van der Waals surface area contributed by atoms with Crippen LogP contribution in [0.15, 0.2) is 30.3 Å². The first kappa shape index (κ1) is 14.9. The van der Waals surface area contributed by atoms with Crippen LogP contribution < -0.4 is 0 Å². The molecule has 0 saturated carbocycles. The summed E-state index contributed by atoms with van der Waals surface area (Å²) in [5.74, 6) is 1.55. The van der Waals surface area contributed by atoms with Crippen molar-refractivity contribution in [2.75, 3.05) is 31.9 Å². The topological polar surface area (TPSA) is 23.6 Å². The molecule has 2 aliphatic heterocycles. The maximum Gasteiger partial charge on any atom is 0.235 e. The van der Waals surface area contributed by atoms with Crippen molar-refractivity contribution in [1.82, 2.24) is 9.80 Å². The summed E-state index contributed by atoms with van der Waals surface area (Å²) in [6.45, 7) is 4.78. The van der Waals surface area contributed by atoms with Gasteiger partial charge >= 0.3 is 0 Å². The Morgan fingerprint density at radius 2 is 1.86 bits per heavy atom. The van der Waals surface area contributed by atoms with E-state index in [1.165, 1.54) is 18.4 Å².